The van der Waals surface area contributed by atoms with Gasteiger partial charge in [0.25, 0.3) is 0 Å². The first-order chi connectivity index (χ1) is 7.16. The SMILES string of the molecule is CCCCC(N)C(=O)c1cnccc1C. The number of carbonyl (C=O) groups is 1. The highest BCUT2D eigenvalue weighted by Crippen LogP contribution is 2.10. The summed E-state index contributed by atoms with van der Waals surface area (Å²) in [7, 11) is 0. The first kappa shape index (κ1) is 11.9. The van der Waals surface area contributed by atoms with Crippen molar-refractivity contribution in [2.24, 2.45) is 5.73 Å². The molecule has 1 aromatic heterocycles. The monoisotopic (exact) mass is 206 g/mol. The molecule has 0 saturated carbocycles. The minimum atomic E-state index is -0.382. The summed E-state index contributed by atoms with van der Waals surface area (Å²) in [6, 6.07) is 1.45. The summed E-state index contributed by atoms with van der Waals surface area (Å²) < 4.78 is 0. The highest BCUT2D eigenvalue weighted by molar-refractivity contribution is 6.00. The van der Waals surface area contributed by atoms with Crippen LogP contribution in [0.3, 0.4) is 0 Å². The van der Waals surface area contributed by atoms with Crippen molar-refractivity contribution in [3.8, 4) is 0 Å². The molecule has 0 fully saturated rings. The molecule has 1 aromatic rings. The summed E-state index contributed by atoms with van der Waals surface area (Å²) in [5.41, 5.74) is 7.43. The number of nitrogens with zero attached hydrogens (tertiary/aromatic N) is 1. The maximum absolute atomic E-state index is 11.9. The predicted octanol–water partition coefficient (Wildman–Crippen LogP) is 2.09. The number of hydrogen-bond acceptors (Lipinski definition) is 3. The Kier molecular flexibility index (Phi) is 4.43. The molecule has 0 aliphatic carbocycles. The number of Topliss-reactive ketones (excluding diaryl/α,β-unsaturated/α-hetero) is 1. The van der Waals surface area contributed by atoms with Gasteiger partial charge in [-0.3, -0.25) is 9.78 Å². The fourth-order valence-corrected chi connectivity index (χ4v) is 1.48. The van der Waals surface area contributed by atoms with Crippen molar-refractivity contribution in [1.82, 2.24) is 4.98 Å². The van der Waals surface area contributed by atoms with E-state index in [4.69, 9.17) is 5.73 Å². The largest absolute Gasteiger partial charge is 0.321 e. The molecule has 1 unspecified atom stereocenters. The van der Waals surface area contributed by atoms with Crippen molar-refractivity contribution in [1.29, 1.82) is 0 Å². The average Bonchev–Trinajstić information content (AvgIpc) is 2.25. The first-order valence-electron chi connectivity index (χ1n) is 5.37. The molecule has 1 rings (SSSR count). The van der Waals surface area contributed by atoms with Gasteiger partial charge in [-0.2, -0.15) is 0 Å². The Bertz CT molecular complexity index is 336. The van der Waals surface area contributed by atoms with Gasteiger partial charge in [0.15, 0.2) is 5.78 Å². The molecule has 82 valence electrons. The number of carbonyl (C=O) groups excluding carboxylic acids is 1. The first-order valence-corrected chi connectivity index (χ1v) is 5.37. The molecule has 0 aromatic carbocycles. The maximum Gasteiger partial charge on any atom is 0.181 e. The minimum Gasteiger partial charge on any atom is -0.321 e. The smallest absolute Gasteiger partial charge is 0.181 e. The van der Waals surface area contributed by atoms with Crippen molar-refractivity contribution in [2.45, 2.75) is 39.2 Å². The van der Waals surface area contributed by atoms with Crippen LogP contribution >= 0.6 is 0 Å². The third-order valence-corrected chi connectivity index (χ3v) is 2.51. The Balaban J connectivity index is 2.72. The third-order valence-electron chi connectivity index (χ3n) is 2.51. The van der Waals surface area contributed by atoms with E-state index in [1.54, 1.807) is 12.4 Å². The van der Waals surface area contributed by atoms with Crippen LogP contribution in [0.4, 0.5) is 0 Å². The molecule has 15 heavy (non-hydrogen) atoms. The fourth-order valence-electron chi connectivity index (χ4n) is 1.48. The number of aromatic nitrogens is 1. The minimum absolute atomic E-state index is 0.00838. The lowest BCUT2D eigenvalue weighted by molar-refractivity contribution is 0.0955. The molecule has 0 aliphatic rings. The van der Waals surface area contributed by atoms with E-state index in [0.29, 0.717) is 5.56 Å². The molecule has 0 aliphatic heterocycles. The topological polar surface area (TPSA) is 56.0 Å². The van der Waals surface area contributed by atoms with Crippen LogP contribution in [0.1, 0.15) is 42.1 Å². The van der Waals surface area contributed by atoms with Gasteiger partial charge < -0.3 is 5.73 Å². The number of hydrogen-bond donors (Lipinski definition) is 1. The van der Waals surface area contributed by atoms with E-state index < -0.39 is 0 Å². The third kappa shape index (κ3) is 3.13. The van der Waals surface area contributed by atoms with Gasteiger partial charge >= 0.3 is 0 Å². The van der Waals surface area contributed by atoms with Crippen molar-refractivity contribution in [2.75, 3.05) is 0 Å². The van der Waals surface area contributed by atoms with Crippen LogP contribution < -0.4 is 5.73 Å². The van der Waals surface area contributed by atoms with Crippen molar-refractivity contribution in [3.05, 3.63) is 29.6 Å². The molecule has 3 heteroatoms. The highest BCUT2D eigenvalue weighted by atomic mass is 16.1. The Morgan fingerprint density at radius 3 is 2.93 bits per heavy atom. The number of unbranched alkanes of at least 4 members (excludes halogenated alkanes) is 1. The molecule has 0 saturated heterocycles. The van der Waals surface area contributed by atoms with Gasteiger partial charge in [-0.25, -0.2) is 0 Å². The second kappa shape index (κ2) is 5.61. The van der Waals surface area contributed by atoms with Gasteiger partial charge in [0, 0.05) is 18.0 Å². The Labute approximate surface area is 90.7 Å². The van der Waals surface area contributed by atoms with E-state index in [2.05, 4.69) is 11.9 Å². The summed E-state index contributed by atoms with van der Waals surface area (Å²) in [5, 5.41) is 0. The molecular formula is C12H18N2O. The van der Waals surface area contributed by atoms with E-state index >= 15 is 0 Å². The second-order valence-corrected chi connectivity index (χ2v) is 3.80. The second-order valence-electron chi connectivity index (χ2n) is 3.80. The van der Waals surface area contributed by atoms with E-state index in [0.717, 1.165) is 24.8 Å². The van der Waals surface area contributed by atoms with Crippen LogP contribution in [0.25, 0.3) is 0 Å². The fraction of sp³-hybridized carbons (Fsp3) is 0.500. The quantitative estimate of drug-likeness (QED) is 0.750. The summed E-state index contributed by atoms with van der Waals surface area (Å²) in [6.07, 6.45) is 6.09. The lowest BCUT2D eigenvalue weighted by atomic mass is 9.99. The maximum atomic E-state index is 11.9. The molecule has 0 spiro atoms. The van der Waals surface area contributed by atoms with Crippen LogP contribution in [-0.2, 0) is 0 Å². The summed E-state index contributed by atoms with van der Waals surface area (Å²) in [6.45, 7) is 3.99. The summed E-state index contributed by atoms with van der Waals surface area (Å²) >= 11 is 0. The van der Waals surface area contributed by atoms with E-state index in [-0.39, 0.29) is 11.8 Å². The van der Waals surface area contributed by atoms with Crippen LogP contribution in [0.15, 0.2) is 18.5 Å². The van der Waals surface area contributed by atoms with Gasteiger partial charge in [0.1, 0.15) is 0 Å². The van der Waals surface area contributed by atoms with Crippen LogP contribution in [-0.4, -0.2) is 16.8 Å². The Morgan fingerprint density at radius 1 is 1.60 bits per heavy atom. The molecule has 0 bridgehead atoms. The highest BCUT2D eigenvalue weighted by Gasteiger charge is 2.16. The van der Waals surface area contributed by atoms with Gasteiger partial charge in [0.05, 0.1) is 6.04 Å². The lowest BCUT2D eigenvalue weighted by Gasteiger charge is -2.11. The number of nitrogens with two attached hydrogens (primary N) is 1. The van der Waals surface area contributed by atoms with Gasteiger partial charge in [0.2, 0.25) is 0 Å². The number of rotatable bonds is 5. The molecule has 2 N–H and O–H groups in total. The van der Waals surface area contributed by atoms with Crippen LogP contribution in [0.5, 0.6) is 0 Å². The Hall–Kier alpha value is -1.22. The van der Waals surface area contributed by atoms with Gasteiger partial charge in [-0.1, -0.05) is 19.8 Å². The van der Waals surface area contributed by atoms with Crippen LogP contribution in [0, 0.1) is 6.92 Å². The van der Waals surface area contributed by atoms with Crippen molar-refractivity contribution >= 4 is 5.78 Å². The zero-order chi connectivity index (χ0) is 11.3. The van der Waals surface area contributed by atoms with Crippen molar-refractivity contribution < 1.29 is 4.79 Å². The summed E-state index contributed by atoms with van der Waals surface area (Å²) in [5.74, 6) is 0.00838. The van der Waals surface area contributed by atoms with Crippen molar-refractivity contribution in [3.63, 3.8) is 0 Å². The number of pyridine rings is 1. The van der Waals surface area contributed by atoms with Gasteiger partial charge in [-0.15, -0.1) is 0 Å². The molecule has 1 atom stereocenters. The molecule has 3 nitrogen and oxygen atoms in total. The lowest BCUT2D eigenvalue weighted by Crippen LogP contribution is -2.30. The normalized spacial score (nSPS) is 12.5. The number of aryl methyl sites for hydroxylation is 1. The zero-order valence-corrected chi connectivity index (χ0v) is 9.36. The van der Waals surface area contributed by atoms with E-state index in [1.165, 1.54) is 0 Å². The van der Waals surface area contributed by atoms with E-state index in [1.807, 2.05) is 13.0 Å². The Morgan fingerprint density at radius 2 is 2.33 bits per heavy atom. The molecule has 1 heterocycles. The number of ketones is 1. The van der Waals surface area contributed by atoms with Gasteiger partial charge in [-0.05, 0) is 25.0 Å². The molecule has 0 amide bonds. The standard InChI is InChI=1S/C12H18N2O/c1-3-4-5-11(13)12(15)10-8-14-7-6-9(10)2/h6-8,11H,3-5,13H2,1-2H3. The van der Waals surface area contributed by atoms with E-state index in [9.17, 15) is 4.79 Å². The zero-order valence-electron chi connectivity index (χ0n) is 9.36. The van der Waals surface area contributed by atoms with Crippen LogP contribution in [0.2, 0.25) is 0 Å². The predicted molar refractivity (Wildman–Crippen MR) is 60.8 cm³/mol. The molecule has 0 radical (unpaired) electrons. The average molecular weight is 206 g/mol. The summed E-state index contributed by atoms with van der Waals surface area (Å²) in [4.78, 5) is 15.9. The molecular weight excluding hydrogens is 188 g/mol.